The lowest BCUT2D eigenvalue weighted by Crippen LogP contribution is -2.40. The summed E-state index contributed by atoms with van der Waals surface area (Å²) in [5.74, 6) is -0.735. The number of carbonyl (C=O) groups is 1. The molecule has 1 aromatic rings. The molecule has 0 radical (unpaired) electrons. The van der Waals surface area contributed by atoms with E-state index >= 15 is 0 Å². The van der Waals surface area contributed by atoms with Gasteiger partial charge in [-0.3, -0.25) is 4.79 Å². The molecule has 1 amide bonds. The molecule has 0 bridgehead atoms. The zero-order chi connectivity index (χ0) is 12.0. The minimum Gasteiger partial charge on any atom is -0.481 e. The average molecular weight is 226 g/mol. The van der Waals surface area contributed by atoms with Crippen LogP contribution < -0.4 is 15.8 Å². The van der Waals surface area contributed by atoms with E-state index in [-0.39, 0.29) is 24.3 Å². The third-order valence-corrected chi connectivity index (χ3v) is 1.96. The van der Waals surface area contributed by atoms with Crippen LogP contribution in [0.15, 0.2) is 24.3 Å². The molecule has 3 N–H and O–H groups in total. The molecule has 1 atom stereocenters. The number of ether oxygens (including phenoxy) is 1. The first kappa shape index (κ1) is 12.4. The molecule has 0 unspecified atom stereocenters. The van der Waals surface area contributed by atoms with Crippen LogP contribution in [-0.2, 0) is 4.79 Å². The molecule has 0 aromatic heterocycles. The molecule has 0 heterocycles. The lowest BCUT2D eigenvalue weighted by atomic mass is 10.3. The number of halogens is 1. The zero-order valence-corrected chi connectivity index (χ0v) is 9.07. The van der Waals surface area contributed by atoms with Crippen LogP contribution in [0, 0.1) is 5.82 Å². The second kappa shape index (κ2) is 6.07. The molecule has 4 nitrogen and oxygen atoms in total. The molecule has 0 spiro atoms. The van der Waals surface area contributed by atoms with Gasteiger partial charge in [0.1, 0.15) is 0 Å². The van der Waals surface area contributed by atoms with Crippen molar-refractivity contribution in [1.29, 1.82) is 0 Å². The quantitative estimate of drug-likeness (QED) is 0.775. The standard InChI is InChI=1S/C11H15FN2O2/c1-8(6-13)14-11(15)7-16-10-5-3-2-4-9(10)12/h2-5,8H,6-7,13H2,1H3,(H,14,15)/t8-/m0/s1. The Morgan fingerprint density at radius 2 is 2.25 bits per heavy atom. The molecular formula is C11H15FN2O2. The lowest BCUT2D eigenvalue weighted by Gasteiger charge is -2.12. The molecule has 1 rings (SSSR count). The fraction of sp³-hybridized carbons (Fsp3) is 0.364. The summed E-state index contributed by atoms with van der Waals surface area (Å²) < 4.78 is 18.1. The third-order valence-electron chi connectivity index (χ3n) is 1.96. The van der Waals surface area contributed by atoms with E-state index in [1.165, 1.54) is 12.1 Å². The lowest BCUT2D eigenvalue weighted by molar-refractivity contribution is -0.123. The van der Waals surface area contributed by atoms with E-state index in [4.69, 9.17) is 10.5 Å². The summed E-state index contributed by atoms with van der Waals surface area (Å²) >= 11 is 0. The highest BCUT2D eigenvalue weighted by molar-refractivity contribution is 5.77. The van der Waals surface area contributed by atoms with E-state index < -0.39 is 5.82 Å². The summed E-state index contributed by atoms with van der Waals surface area (Å²) in [7, 11) is 0. The summed E-state index contributed by atoms with van der Waals surface area (Å²) in [6.07, 6.45) is 0. The van der Waals surface area contributed by atoms with Crippen LogP contribution in [0.3, 0.4) is 0 Å². The SMILES string of the molecule is C[C@@H](CN)NC(=O)COc1ccccc1F. The minimum absolute atomic E-state index is 0.0676. The van der Waals surface area contributed by atoms with Gasteiger partial charge in [-0.2, -0.15) is 0 Å². The molecule has 0 fully saturated rings. The largest absolute Gasteiger partial charge is 0.481 e. The highest BCUT2D eigenvalue weighted by Gasteiger charge is 2.08. The molecule has 5 heteroatoms. The van der Waals surface area contributed by atoms with Crippen LogP contribution in [0.5, 0.6) is 5.75 Å². The Morgan fingerprint density at radius 1 is 1.56 bits per heavy atom. The number of benzene rings is 1. The van der Waals surface area contributed by atoms with Gasteiger partial charge < -0.3 is 15.8 Å². The number of nitrogens with one attached hydrogen (secondary N) is 1. The molecule has 0 saturated heterocycles. The topological polar surface area (TPSA) is 64.3 Å². The van der Waals surface area contributed by atoms with Crippen LogP contribution >= 0.6 is 0 Å². The summed E-state index contributed by atoms with van der Waals surface area (Å²) in [6, 6.07) is 5.82. The molecule has 0 aliphatic carbocycles. The van der Waals surface area contributed by atoms with Crippen molar-refractivity contribution in [2.45, 2.75) is 13.0 Å². The third kappa shape index (κ3) is 3.86. The second-order valence-electron chi connectivity index (χ2n) is 3.42. The summed E-state index contributed by atoms with van der Waals surface area (Å²) in [5.41, 5.74) is 5.34. The maximum Gasteiger partial charge on any atom is 0.258 e. The van der Waals surface area contributed by atoms with Crippen LogP contribution in [0.2, 0.25) is 0 Å². The van der Waals surface area contributed by atoms with Crippen molar-refractivity contribution in [3.05, 3.63) is 30.1 Å². The minimum atomic E-state index is -0.484. The highest BCUT2D eigenvalue weighted by Crippen LogP contribution is 2.14. The van der Waals surface area contributed by atoms with Crippen molar-refractivity contribution in [2.24, 2.45) is 5.73 Å². The van der Waals surface area contributed by atoms with Gasteiger partial charge in [0.25, 0.3) is 5.91 Å². The number of hydrogen-bond acceptors (Lipinski definition) is 3. The number of hydrogen-bond donors (Lipinski definition) is 2. The predicted octanol–water partition coefficient (Wildman–Crippen LogP) is 0.668. The monoisotopic (exact) mass is 226 g/mol. The summed E-state index contributed by atoms with van der Waals surface area (Å²) in [4.78, 5) is 11.3. The number of carbonyl (C=O) groups excluding carboxylic acids is 1. The zero-order valence-electron chi connectivity index (χ0n) is 9.07. The summed E-state index contributed by atoms with van der Waals surface area (Å²) in [6.45, 7) is 1.91. The molecule has 0 aliphatic heterocycles. The van der Waals surface area contributed by atoms with Gasteiger partial charge in [-0.15, -0.1) is 0 Å². The molecule has 1 aromatic carbocycles. The van der Waals surface area contributed by atoms with Gasteiger partial charge in [-0.05, 0) is 19.1 Å². The molecule has 88 valence electrons. The maximum atomic E-state index is 13.1. The molecular weight excluding hydrogens is 211 g/mol. The van der Waals surface area contributed by atoms with Crippen LogP contribution in [-0.4, -0.2) is 25.1 Å². The van der Waals surface area contributed by atoms with Crippen LogP contribution in [0.4, 0.5) is 4.39 Å². The van der Waals surface area contributed by atoms with Crippen LogP contribution in [0.25, 0.3) is 0 Å². The fourth-order valence-corrected chi connectivity index (χ4v) is 1.08. The van der Waals surface area contributed by atoms with Gasteiger partial charge in [0.05, 0.1) is 0 Å². The van der Waals surface area contributed by atoms with Gasteiger partial charge in [0.2, 0.25) is 0 Å². The Kier molecular flexibility index (Phi) is 4.72. The number of nitrogens with two attached hydrogens (primary N) is 1. The van der Waals surface area contributed by atoms with Crippen molar-refractivity contribution in [3.8, 4) is 5.75 Å². The first-order valence-corrected chi connectivity index (χ1v) is 5.00. The highest BCUT2D eigenvalue weighted by atomic mass is 19.1. The average Bonchev–Trinajstić information content (AvgIpc) is 2.28. The molecule has 16 heavy (non-hydrogen) atoms. The Labute approximate surface area is 93.6 Å². The van der Waals surface area contributed by atoms with Gasteiger partial charge in [-0.1, -0.05) is 12.1 Å². The fourth-order valence-electron chi connectivity index (χ4n) is 1.08. The van der Waals surface area contributed by atoms with Crippen molar-refractivity contribution >= 4 is 5.91 Å². The first-order valence-electron chi connectivity index (χ1n) is 5.00. The normalized spacial score (nSPS) is 11.9. The molecule has 0 aliphatic rings. The van der Waals surface area contributed by atoms with Gasteiger partial charge >= 0.3 is 0 Å². The Morgan fingerprint density at radius 3 is 2.88 bits per heavy atom. The maximum absolute atomic E-state index is 13.1. The Balaban J connectivity index is 2.40. The van der Waals surface area contributed by atoms with Gasteiger partial charge in [0.15, 0.2) is 18.2 Å². The van der Waals surface area contributed by atoms with Gasteiger partial charge in [0, 0.05) is 12.6 Å². The van der Waals surface area contributed by atoms with E-state index in [1.54, 1.807) is 19.1 Å². The number of rotatable bonds is 5. The number of para-hydroxylation sites is 1. The Bertz CT molecular complexity index is 358. The van der Waals surface area contributed by atoms with Crippen molar-refractivity contribution in [2.75, 3.05) is 13.2 Å². The molecule has 0 saturated carbocycles. The van der Waals surface area contributed by atoms with E-state index in [9.17, 15) is 9.18 Å². The second-order valence-corrected chi connectivity index (χ2v) is 3.42. The van der Waals surface area contributed by atoms with Crippen molar-refractivity contribution in [3.63, 3.8) is 0 Å². The predicted molar refractivity (Wildman–Crippen MR) is 58.6 cm³/mol. The van der Waals surface area contributed by atoms with Crippen LogP contribution in [0.1, 0.15) is 6.92 Å². The van der Waals surface area contributed by atoms with E-state index in [0.717, 1.165) is 0 Å². The van der Waals surface area contributed by atoms with Crippen molar-refractivity contribution in [1.82, 2.24) is 5.32 Å². The van der Waals surface area contributed by atoms with Gasteiger partial charge in [-0.25, -0.2) is 4.39 Å². The summed E-state index contributed by atoms with van der Waals surface area (Å²) in [5, 5.41) is 2.61. The van der Waals surface area contributed by atoms with E-state index in [0.29, 0.717) is 6.54 Å². The van der Waals surface area contributed by atoms with E-state index in [2.05, 4.69) is 5.32 Å². The van der Waals surface area contributed by atoms with E-state index in [1.807, 2.05) is 0 Å². The first-order chi connectivity index (χ1) is 7.63. The Hall–Kier alpha value is -1.62. The number of amides is 1. The van der Waals surface area contributed by atoms with Crippen molar-refractivity contribution < 1.29 is 13.9 Å². The smallest absolute Gasteiger partial charge is 0.258 e.